The summed E-state index contributed by atoms with van der Waals surface area (Å²) < 4.78 is 97.5. The lowest BCUT2D eigenvalue weighted by molar-refractivity contribution is -0.376. The predicted molar refractivity (Wildman–Crippen MR) is 180 cm³/mol. The molecule has 1 aliphatic carbocycles. The number of ether oxygens (including phenoxy) is 1. The molecule has 0 bridgehead atoms. The van der Waals surface area contributed by atoms with E-state index in [0.29, 0.717) is 62.2 Å². The zero-order valence-corrected chi connectivity index (χ0v) is 29.6. The topological polar surface area (TPSA) is 129 Å². The van der Waals surface area contributed by atoms with Gasteiger partial charge in [-0.1, -0.05) is 70.3 Å². The van der Waals surface area contributed by atoms with Gasteiger partial charge in [0.2, 0.25) is 5.91 Å². The van der Waals surface area contributed by atoms with Crippen LogP contribution in [0.25, 0.3) is 0 Å². The van der Waals surface area contributed by atoms with Gasteiger partial charge in [0.15, 0.2) is 11.0 Å². The number of alkyl halides is 6. The van der Waals surface area contributed by atoms with Gasteiger partial charge in [0, 0.05) is 36.5 Å². The smallest absolute Gasteiger partial charge is 0.379 e. The van der Waals surface area contributed by atoms with Crippen LogP contribution in [0.15, 0.2) is 39.2 Å². The first kappa shape index (κ1) is 45.5. The molecule has 1 aromatic rings. The minimum atomic E-state index is -5.98. The molecule has 9 nitrogen and oxygen atoms in total. The van der Waals surface area contributed by atoms with Crippen molar-refractivity contribution in [1.82, 2.24) is 10.6 Å². The molecule has 1 atom stereocenters. The van der Waals surface area contributed by atoms with Crippen LogP contribution < -0.4 is 15.4 Å². The van der Waals surface area contributed by atoms with Gasteiger partial charge in [-0.15, -0.1) is 0 Å². The second kappa shape index (κ2) is 23.0. The third kappa shape index (κ3) is 16.8. The van der Waals surface area contributed by atoms with Crippen molar-refractivity contribution in [3.8, 4) is 0 Å². The number of nitrogens with one attached hydrogen (secondary N) is 3. The Kier molecular flexibility index (Phi) is 21.8. The Labute approximate surface area is 285 Å². The highest BCUT2D eigenvalue weighted by Crippen LogP contribution is 2.50. The normalized spacial score (nSPS) is 14.9. The SMILES string of the molecule is C=N/C(C)=C(\SCNC)S(=O)Nc1ccc(C(O)(C(F)(F)F)C(F)(F)F)cc1.CC(C)CC(=O)NCCOCCC=O.CC1CCCC1. The maximum atomic E-state index is 12.9. The Morgan fingerprint density at radius 2 is 1.69 bits per heavy atom. The molecule has 1 unspecified atom stereocenters. The highest BCUT2D eigenvalue weighted by molar-refractivity contribution is 8.16. The molecule has 1 fully saturated rings. The molecule has 17 heteroatoms. The van der Waals surface area contributed by atoms with E-state index in [4.69, 9.17) is 4.74 Å². The molecule has 2 rings (SSSR count). The van der Waals surface area contributed by atoms with Crippen LogP contribution in [0.3, 0.4) is 0 Å². The number of hydrogen-bond donors (Lipinski definition) is 4. The van der Waals surface area contributed by atoms with E-state index in [1.54, 1.807) is 14.0 Å². The summed E-state index contributed by atoms with van der Waals surface area (Å²) in [4.78, 5) is 24.7. The predicted octanol–water partition coefficient (Wildman–Crippen LogP) is 6.82. The van der Waals surface area contributed by atoms with Crippen LogP contribution in [0.4, 0.5) is 32.0 Å². The second-order valence-corrected chi connectivity index (χ2v) is 13.6. The molecule has 4 N–H and O–H groups in total. The van der Waals surface area contributed by atoms with Gasteiger partial charge < -0.3 is 30.0 Å². The molecule has 1 saturated carbocycles. The summed E-state index contributed by atoms with van der Waals surface area (Å²) in [5, 5.41) is 14.9. The lowest BCUT2D eigenvalue weighted by Crippen LogP contribution is -2.53. The highest BCUT2D eigenvalue weighted by atomic mass is 32.2. The number of carbonyl (C=O) groups excluding carboxylic acids is 2. The average Bonchev–Trinajstić information content (AvgIpc) is 3.48. The summed E-state index contributed by atoms with van der Waals surface area (Å²) in [6, 6.07) is 2.63. The number of anilines is 1. The molecule has 1 aliphatic rings. The first-order chi connectivity index (χ1) is 22.3. The molecule has 276 valence electrons. The fraction of sp³-hybridized carbons (Fsp3) is 0.645. The van der Waals surface area contributed by atoms with Crippen LogP contribution in [0.2, 0.25) is 0 Å². The third-order valence-corrected chi connectivity index (χ3v) is 9.42. The molecule has 1 aromatic carbocycles. The van der Waals surface area contributed by atoms with E-state index in [2.05, 4.69) is 34.0 Å². The quantitative estimate of drug-likeness (QED) is 0.0482. The van der Waals surface area contributed by atoms with Gasteiger partial charge in [-0.05, 0) is 44.7 Å². The van der Waals surface area contributed by atoms with Crippen molar-refractivity contribution in [2.24, 2.45) is 16.8 Å². The number of thioether (sulfide) groups is 1. The van der Waals surface area contributed by atoms with Crippen molar-refractivity contribution in [3.63, 3.8) is 0 Å². The van der Waals surface area contributed by atoms with Gasteiger partial charge in [-0.25, -0.2) is 4.21 Å². The molecule has 0 radical (unpaired) electrons. The molecular weight excluding hydrogens is 686 g/mol. The van der Waals surface area contributed by atoms with Crippen molar-refractivity contribution < 1.29 is 50.0 Å². The highest BCUT2D eigenvalue weighted by Gasteiger charge is 2.71. The number of aliphatic hydroxyl groups is 1. The molecule has 1 amide bonds. The van der Waals surface area contributed by atoms with E-state index in [1.807, 2.05) is 13.8 Å². The first-order valence-corrected chi connectivity index (χ1v) is 17.4. The number of allylic oxidation sites excluding steroid dienone is 1. The van der Waals surface area contributed by atoms with Gasteiger partial charge in [-0.2, -0.15) is 26.3 Å². The van der Waals surface area contributed by atoms with Gasteiger partial charge >= 0.3 is 12.4 Å². The van der Waals surface area contributed by atoms with E-state index in [9.17, 15) is 45.2 Å². The lowest BCUT2D eigenvalue weighted by Gasteiger charge is -2.32. The summed E-state index contributed by atoms with van der Waals surface area (Å²) in [6.45, 7) is 12.6. The number of nitrogens with zero attached hydrogens (tertiary/aromatic N) is 1. The Morgan fingerprint density at radius 3 is 2.10 bits per heavy atom. The number of hydrogen-bond acceptors (Lipinski definition) is 8. The minimum Gasteiger partial charge on any atom is -0.379 e. The molecule has 0 saturated heterocycles. The zero-order chi connectivity index (χ0) is 37.0. The first-order valence-electron chi connectivity index (χ1n) is 15.2. The number of aldehydes is 1. The average molecular weight is 735 g/mol. The molecule has 48 heavy (non-hydrogen) atoms. The molecule has 0 spiro atoms. The van der Waals surface area contributed by atoms with E-state index in [-0.39, 0.29) is 15.8 Å². The fourth-order valence-electron chi connectivity index (χ4n) is 3.98. The number of benzene rings is 1. The number of rotatable bonds is 16. The van der Waals surface area contributed by atoms with E-state index < -0.39 is 34.5 Å². The van der Waals surface area contributed by atoms with Gasteiger partial charge in [0.1, 0.15) is 10.5 Å². The number of aliphatic imine (C=N–C) groups is 1. The Hall–Kier alpha value is -2.47. The van der Waals surface area contributed by atoms with Crippen molar-refractivity contribution in [1.29, 1.82) is 0 Å². The van der Waals surface area contributed by atoms with Crippen molar-refractivity contribution in [3.05, 3.63) is 39.8 Å². The van der Waals surface area contributed by atoms with Crippen LogP contribution in [0.5, 0.6) is 0 Å². The fourth-order valence-corrected chi connectivity index (χ4v) is 6.04. The third-order valence-electron chi connectivity index (χ3n) is 6.57. The lowest BCUT2D eigenvalue weighted by atomic mass is 9.92. The monoisotopic (exact) mass is 734 g/mol. The van der Waals surface area contributed by atoms with Crippen LogP contribution in [-0.4, -0.2) is 73.3 Å². The number of carbonyl (C=O) groups is 2. The molecule has 0 aromatic heterocycles. The van der Waals surface area contributed by atoms with Crippen LogP contribution in [-0.2, 0) is 30.9 Å². The summed E-state index contributed by atoms with van der Waals surface area (Å²) in [6.07, 6.45) is -4.22. The number of halogens is 6. The largest absolute Gasteiger partial charge is 0.430 e. The Balaban J connectivity index is 0.000000905. The van der Waals surface area contributed by atoms with Crippen LogP contribution in [0, 0.1) is 11.8 Å². The summed E-state index contributed by atoms with van der Waals surface area (Å²) >= 11 is 1.13. The zero-order valence-electron chi connectivity index (χ0n) is 27.9. The van der Waals surface area contributed by atoms with Gasteiger partial charge in [-0.3, -0.25) is 9.79 Å². The maximum Gasteiger partial charge on any atom is 0.430 e. The minimum absolute atomic E-state index is 0.0202. The Bertz CT molecular complexity index is 1150. The van der Waals surface area contributed by atoms with E-state index in [1.165, 1.54) is 25.7 Å². The van der Waals surface area contributed by atoms with Crippen molar-refractivity contribution in [2.45, 2.75) is 84.2 Å². The molecule has 0 heterocycles. The summed E-state index contributed by atoms with van der Waals surface area (Å²) in [5.41, 5.74) is -6.11. The van der Waals surface area contributed by atoms with Crippen LogP contribution >= 0.6 is 11.8 Å². The molecular formula is C31H48F6N4O5S2. The number of amides is 1. The second-order valence-electron chi connectivity index (χ2n) is 11.2. The van der Waals surface area contributed by atoms with Gasteiger partial charge in [0.25, 0.3) is 5.60 Å². The van der Waals surface area contributed by atoms with Crippen LogP contribution in [0.1, 0.15) is 71.8 Å². The summed E-state index contributed by atoms with van der Waals surface area (Å²) in [7, 11) is -0.239. The van der Waals surface area contributed by atoms with E-state index in [0.717, 1.165) is 36.1 Å². The van der Waals surface area contributed by atoms with E-state index >= 15 is 0 Å². The molecule has 0 aliphatic heterocycles. The van der Waals surface area contributed by atoms with Crippen molar-refractivity contribution >= 4 is 47.3 Å². The standard InChI is InChI=1S/C15H17F6N3O2S2.C10H19NO3.C6H12/c1-9(23-3)12(27-8-22-2)28(26)24-11-6-4-10(5-7-11)13(25,14(16,17)18)15(19,20)21;1-9(2)8-10(13)11-4-7-14-6-3-5-12;1-6-4-2-3-5-6/h4-7,22,24-25H,3,8H2,1-2H3;5,9H,3-4,6-8H2,1-2H3,(H,11,13);6H,2-5H2,1H3/b12-9+;;. The Morgan fingerprint density at radius 1 is 1.12 bits per heavy atom. The maximum absolute atomic E-state index is 12.9. The summed E-state index contributed by atoms with van der Waals surface area (Å²) in [5.74, 6) is 1.86. The van der Waals surface area contributed by atoms with Gasteiger partial charge in [0.05, 0.1) is 18.9 Å². The van der Waals surface area contributed by atoms with Crippen molar-refractivity contribution in [2.75, 3.05) is 37.4 Å².